The molecule has 0 unspecified atom stereocenters. The smallest absolute Gasteiger partial charge is 0.242 e. The van der Waals surface area contributed by atoms with Gasteiger partial charge in [-0.05, 0) is 24.5 Å². The minimum Gasteiger partial charge on any atom is -0.244 e. The van der Waals surface area contributed by atoms with E-state index in [9.17, 15) is 8.42 Å². The van der Waals surface area contributed by atoms with Gasteiger partial charge in [0.25, 0.3) is 0 Å². The zero-order chi connectivity index (χ0) is 13.1. The Kier molecular flexibility index (Phi) is 4.91. The van der Waals surface area contributed by atoms with Crippen LogP contribution < -0.4 is 0 Å². The van der Waals surface area contributed by atoms with Crippen LogP contribution in [0.25, 0.3) is 0 Å². The van der Waals surface area contributed by atoms with Crippen LogP contribution in [0.1, 0.15) is 20.3 Å². The highest BCUT2D eigenvalue weighted by atomic mass is 35.5. The molecule has 96 valence electrons. The monoisotopic (exact) mass is 276 g/mol. The van der Waals surface area contributed by atoms with Gasteiger partial charge in [0, 0.05) is 19.8 Å². The summed E-state index contributed by atoms with van der Waals surface area (Å²) in [7, 11) is -1.87. The molecule has 17 heavy (non-hydrogen) atoms. The first-order valence-corrected chi connectivity index (χ1v) is 7.23. The number of nitrogens with zero attached hydrogens (tertiary/aromatic N) is 2. The number of hydrogen-bond acceptors (Lipinski definition) is 3. The molecule has 0 fully saturated rings. The Labute approximate surface area is 108 Å². The van der Waals surface area contributed by atoms with E-state index < -0.39 is 10.0 Å². The Bertz CT molecular complexity index is 474. The molecule has 0 bridgehead atoms. The minimum absolute atomic E-state index is 0.184. The van der Waals surface area contributed by atoms with Gasteiger partial charge in [0.05, 0.1) is 4.90 Å². The molecule has 1 rings (SSSR count). The van der Waals surface area contributed by atoms with Crippen molar-refractivity contribution in [3.05, 3.63) is 23.5 Å². The quantitative estimate of drug-likeness (QED) is 0.776. The maximum absolute atomic E-state index is 12.1. The second-order valence-corrected chi connectivity index (χ2v) is 6.76. The summed E-state index contributed by atoms with van der Waals surface area (Å²) in [5.41, 5.74) is 0. The van der Waals surface area contributed by atoms with Crippen LogP contribution in [0.3, 0.4) is 0 Å². The largest absolute Gasteiger partial charge is 0.244 e. The molecule has 0 aromatic carbocycles. The summed E-state index contributed by atoms with van der Waals surface area (Å²) in [6, 6.07) is 2.82. The van der Waals surface area contributed by atoms with Crippen molar-refractivity contribution in [2.75, 3.05) is 13.6 Å². The van der Waals surface area contributed by atoms with Crippen molar-refractivity contribution in [1.82, 2.24) is 9.29 Å². The summed E-state index contributed by atoms with van der Waals surface area (Å²) in [5.74, 6) is 0.466. The van der Waals surface area contributed by atoms with Crippen LogP contribution in [0.4, 0.5) is 0 Å². The molecule has 0 amide bonds. The van der Waals surface area contributed by atoms with Crippen LogP contribution in [0.2, 0.25) is 5.15 Å². The van der Waals surface area contributed by atoms with Gasteiger partial charge in [-0.2, -0.15) is 0 Å². The highest BCUT2D eigenvalue weighted by molar-refractivity contribution is 7.89. The number of hydrogen-bond donors (Lipinski definition) is 0. The second-order valence-electron chi connectivity index (χ2n) is 4.32. The molecule has 0 aliphatic heterocycles. The standard InChI is InChI=1S/C11H17ClN2O2S/c1-9(2)5-7-14(3)17(15,16)10-4-6-13-11(12)8-10/h4,6,8-9H,5,7H2,1-3H3. The third kappa shape index (κ3) is 3.94. The lowest BCUT2D eigenvalue weighted by Gasteiger charge is -2.18. The molecule has 4 nitrogen and oxygen atoms in total. The predicted molar refractivity (Wildman–Crippen MR) is 68.5 cm³/mol. The van der Waals surface area contributed by atoms with E-state index in [1.54, 1.807) is 7.05 Å². The zero-order valence-corrected chi connectivity index (χ0v) is 11.8. The van der Waals surface area contributed by atoms with Crippen molar-refractivity contribution in [2.24, 2.45) is 5.92 Å². The van der Waals surface area contributed by atoms with Crippen LogP contribution in [0, 0.1) is 5.92 Å². The fourth-order valence-corrected chi connectivity index (χ4v) is 2.72. The Hall–Kier alpha value is -0.650. The molecule has 6 heteroatoms. The van der Waals surface area contributed by atoms with Crippen molar-refractivity contribution in [2.45, 2.75) is 25.2 Å². The summed E-state index contributed by atoms with van der Waals surface area (Å²) < 4.78 is 25.6. The minimum atomic E-state index is -3.45. The second kappa shape index (κ2) is 5.80. The van der Waals surface area contributed by atoms with Gasteiger partial charge in [-0.25, -0.2) is 17.7 Å². The van der Waals surface area contributed by atoms with Crippen LogP contribution >= 0.6 is 11.6 Å². The Morgan fingerprint density at radius 2 is 2.12 bits per heavy atom. The zero-order valence-electron chi connectivity index (χ0n) is 10.2. The molecule has 0 atom stereocenters. The van der Waals surface area contributed by atoms with Gasteiger partial charge in [0.1, 0.15) is 5.15 Å². The Morgan fingerprint density at radius 1 is 1.47 bits per heavy atom. The van der Waals surface area contributed by atoms with Crippen LogP contribution in [0.5, 0.6) is 0 Å². The van der Waals surface area contributed by atoms with Gasteiger partial charge in [-0.3, -0.25) is 0 Å². The number of pyridine rings is 1. The van der Waals surface area contributed by atoms with E-state index in [1.165, 1.54) is 22.6 Å². The van der Waals surface area contributed by atoms with E-state index in [0.717, 1.165) is 6.42 Å². The summed E-state index contributed by atoms with van der Waals surface area (Å²) in [6.45, 7) is 4.62. The SMILES string of the molecule is CC(C)CCN(C)S(=O)(=O)c1ccnc(Cl)c1. The van der Waals surface area contributed by atoms with Gasteiger partial charge >= 0.3 is 0 Å². The van der Waals surface area contributed by atoms with Crippen molar-refractivity contribution in [3.63, 3.8) is 0 Å². The molecule has 0 aliphatic carbocycles. The number of sulfonamides is 1. The molecule has 0 saturated heterocycles. The highest BCUT2D eigenvalue weighted by Gasteiger charge is 2.20. The molecule has 1 aromatic heterocycles. The van der Waals surface area contributed by atoms with E-state index in [2.05, 4.69) is 18.8 Å². The average Bonchev–Trinajstić information content (AvgIpc) is 2.25. The normalized spacial score (nSPS) is 12.4. The third-order valence-corrected chi connectivity index (χ3v) is 4.49. The fraction of sp³-hybridized carbons (Fsp3) is 0.545. The van der Waals surface area contributed by atoms with E-state index in [-0.39, 0.29) is 10.0 Å². The van der Waals surface area contributed by atoms with E-state index in [0.29, 0.717) is 12.5 Å². The van der Waals surface area contributed by atoms with Gasteiger partial charge in [0.2, 0.25) is 10.0 Å². The molecular formula is C11H17ClN2O2S. The lowest BCUT2D eigenvalue weighted by molar-refractivity contribution is 0.428. The first-order valence-electron chi connectivity index (χ1n) is 5.42. The molecule has 0 saturated carbocycles. The lowest BCUT2D eigenvalue weighted by atomic mass is 10.1. The number of halogens is 1. The number of rotatable bonds is 5. The fourth-order valence-electron chi connectivity index (χ4n) is 1.29. The van der Waals surface area contributed by atoms with Gasteiger partial charge in [0.15, 0.2) is 0 Å². The molecule has 0 aliphatic rings. The Balaban J connectivity index is 2.88. The molecule has 0 radical (unpaired) electrons. The third-order valence-electron chi connectivity index (χ3n) is 2.43. The van der Waals surface area contributed by atoms with Crippen molar-refractivity contribution in [3.8, 4) is 0 Å². The van der Waals surface area contributed by atoms with E-state index >= 15 is 0 Å². The molecule has 0 N–H and O–H groups in total. The topological polar surface area (TPSA) is 50.3 Å². The molecule has 0 spiro atoms. The van der Waals surface area contributed by atoms with Crippen molar-refractivity contribution in [1.29, 1.82) is 0 Å². The van der Waals surface area contributed by atoms with Crippen LogP contribution in [-0.2, 0) is 10.0 Å². The van der Waals surface area contributed by atoms with Crippen molar-refractivity contribution >= 4 is 21.6 Å². The van der Waals surface area contributed by atoms with E-state index in [4.69, 9.17) is 11.6 Å². The maximum Gasteiger partial charge on any atom is 0.242 e. The highest BCUT2D eigenvalue weighted by Crippen LogP contribution is 2.17. The van der Waals surface area contributed by atoms with Gasteiger partial charge in [-0.1, -0.05) is 25.4 Å². The summed E-state index contributed by atoms with van der Waals surface area (Å²) >= 11 is 5.69. The van der Waals surface area contributed by atoms with Gasteiger partial charge in [-0.15, -0.1) is 0 Å². The van der Waals surface area contributed by atoms with Gasteiger partial charge < -0.3 is 0 Å². The van der Waals surface area contributed by atoms with E-state index in [1.807, 2.05) is 0 Å². The predicted octanol–water partition coefficient (Wildman–Crippen LogP) is 2.40. The summed E-state index contributed by atoms with van der Waals surface area (Å²) in [5, 5.41) is 0.184. The summed E-state index contributed by atoms with van der Waals surface area (Å²) in [4.78, 5) is 3.95. The molecule has 1 heterocycles. The van der Waals surface area contributed by atoms with Crippen molar-refractivity contribution < 1.29 is 8.42 Å². The Morgan fingerprint density at radius 3 is 2.65 bits per heavy atom. The lowest BCUT2D eigenvalue weighted by Crippen LogP contribution is -2.28. The number of aromatic nitrogens is 1. The summed E-state index contributed by atoms with van der Waals surface area (Å²) in [6.07, 6.45) is 2.22. The molecular weight excluding hydrogens is 260 g/mol. The molecule has 1 aromatic rings. The maximum atomic E-state index is 12.1. The average molecular weight is 277 g/mol. The first kappa shape index (κ1) is 14.4. The first-order chi connectivity index (χ1) is 7.84. The van der Waals surface area contributed by atoms with Crippen LogP contribution in [-0.4, -0.2) is 31.3 Å². The van der Waals surface area contributed by atoms with Crippen LogP contribution in [0.15, 0.2) is 23.2 Å².